The lowest BCUT2D eigenvalue weighted by atomic mass is 10.2. The van der Waals surface area contributed by atoms with Crippen molar-refractivity contribution < 1.29 is 9.84 Å². The summed E-state index contributed by atoms with van der Waals surface area (Å²) in [5, 5.41) is 9.04. The zero-order valence-electron chi connectivity index (χ0n) is 9.06. The highest BCUT2D eigenvalue weighted by atomic mass is 79.9. The maximum Gasteiger partial charge on any atom is 0.151 e. The molecule has 0 heterocycles. The summed E-state index contributed by atoms with van der Waals surface area (Å²) >= 11 is 3.36. The van der Waals surface area contributed by atoms with E-state index >= 15 is 0 Å². The first-order valence-corrected chi connectivity index (χ1v) is 5.91. The SMILES string of the molecule is Nc1ccc(Br)cc1Oc1cccc(CO)c1. The predicted molar refractivity (Wildman–Crippen MR) is 71.0 cm³/mol. The highest BCUT2D eigenvalue weighted by Crippen LogP contribution is 2.30. The molecular formula is C13H12BrNO2. The maximum absolute atomic E-state index is 9.04. The second-order valence-electron chi connectivity index (χ2n) is 3.59. The monoisotopic (exact) mass is 293 g/mol. The molecule has 0 saturated heterocycles. The lowest BCUT2D eigenvalue weighted by molar-refractivity contribution is 0.281. The van der Waals surface area contributed by atoms with E-state index in [1.54, 1.807) is 18.2 Å². The lowest BCUT2D eigenvalue weighted by Crippen LogP contribution is -1.92. The average Bonchev–Trinajstić information content (AvgIpc) is 2.34. The molecule has 0 aromatic heterocycles. The minimum absolute atomic E-state index is 0.00876. The summed E-state index contributed by atoms with van der Waals surface area (Å²) in [6, 6.07) is 12.7. The molecule has 2 rings (SSSR count). The Hall–Kier alpha value is -1.52. The van der Waals surface area contributed by atoms with Gasteiger partial charge in [-0.1, -0.05) is 28.1 Å². The highest BCUT2D eigenvalue weighted by molar-refractivity contribution is 9.10. The molecule has 2 aromatic carbocycles. The predicted octanol–water partition coefficient (Wildman–Crippen LogP) is 3.32. The zero-order chi connectivity index (χ0) is 12.3. The van der Waals surface area contributed by atoms with Crippen molar-refractivity contribution in [3.8, 4) is 11.5 Å². The molecule has 0 fully saturated rings. The van der Waals surface area contributed by atoms with Crippen LogP contribution in [0, 0.1) is 0 Å². The Kier molecular flexibility index (Phi) is 3.66. The topological polar surface area (TPSA) is 55.5 Å². The van der Waals surface area contributed by atoms with Crippen LogP contribution in [0.15, 0.2) is 46.9 Å². The summed E-state index contributed by atoms with van der Waals surface area (Å²) in [4.78, 5) is 0. The molecule has 0 aliphatic heterocycles. The summed E-state index contributed by atoms with van der Waals surface area (Å²) in [5.74, 6) is 1.25. The van der Waals surface area contributed by atoms with Crippen LogP contribution in [0.1, 0.15) is 5.56 Å². The van der Waals surface area contributed by atoms with Gasteiger partial charge in [0, 0.05) is 4.47 Å². The van der Waals surface area contributed by atoms with E-state index in [-0.39, 0.29) is 6.61 Å². The molecule has 0 amide bonds. The quantitative estimate of drug-likeness (QED) is 0.854. The Morgan fingerprint density at radius 2 is 2.00 bits per heavy atom. The van der Waals surface area contributed by atoms with Crippen LogP contribution in [-0.2, 0) is 6.61 Å². The summed E-state index contributed by atoms with van der Waals surface area (Å²) in [6.45, 7) is -0.00876. The van der Waals surface area contributed by atoms with Crippen molar-refractivity contribution in [2.75, 3.05) is 5.73 Å². The number of aliphatic hydroxyl groups is 1. The van der Waals surface area contributed by atoms with Crippen molar-refractivity contribution in [1.29, 1.82) is 0 Å². The number of nitrogen functional groups attached to an aromatic ring is 1. The van der Waals surface area contributed by atoms with Crippen LogP contribution >= 0.6 is 15.9 Å². The number of hydrogen-bond donors (Lipinski definition) is 2. The van der Waals surface area contributed by atoms with E-state index in [9.17, 15) is 0 Å². The van der Waals surface area contributed by atoms with Crippen LogP contribution in [0.25, 0.3) is 0 Å². The first kappa shape index (κ1) is 12.0. The molecule has 88 valence electrons. The van der Waals surface area contributed by atoms with E-state index in [0.29, 0.717) is 17.2 Å². The number of rotatable bonds is 3. The Morgan fingerprint density at radius 1 is 1.18 bits per heavy atom. The van der Waals surface area contributed by atoms with Gasteiger partial charge in [0.25, 0.3) is 0 Å². The number of nitrogens with two attached hydrogens (primary N) is 1. The molecule has 0 aliphatic rings. The standard InChI is InChI=1S/C13H12BrNO2/c14-10-4-5-12(15)13(7-10)17-11-3-1-2-9(6-11)8-16/h1-7,16H,8,15H2. The molecule has 0 bridgehead atoms. The molecular weight excluding hydrogens is 282 g/mol. The van der Waals surface area contributed by atoms with Gasteiger partial charge < -0.3 is 15.6 Å². The molecule has 3 nitrogen and oxygen atoms in total. The van der Waals surface area contributed by atoms with Gasteiger partial charge in [0.1, 0.15) is 5.75 Å². The van der Waals surface area contributed by atoms with Gasteiger partial charge in [0.05, 0.1) is 12.3 Å². The van der Waals surface area contributed by atoms with E-state index in [1.165, 1.54) is 0 Å². The number of anilines is 1. The van der Waals surface area contributed by atoms with Gasteiger partial charge in [-0.25, -0.2) is 0 Å². The third kappa shape index (κ3) is 2.99. The molecule has 17 heavy (non-hydrogen) atoms. The minimum atomic E-state index is -0.00876. The number of halogens is 1. The van der Waals surface area contributed by atoms with E-state index in [0.717, 1.165) is 10.0 Å². The van der Waals surface area contributed by atoms with Crippen LogP contribution in [0.4, 0.5) is 5.69 Å². The molecule has 0 aliphatic carbocycles. The van der Waals surface area contributed by atoms with E-state index < -0.39 is 0 Å². The van der Waals surface area contributed by atoms with Crippen molar-refractivity contribution in [2.45, 2.75) is 6.61 Å². The molecule has 3 N–H and O–H groups in total. The summed E-state index contributed by atoms with van der Waals surface area (Å²) in [5.41, 5.74) is 7.19. The van der Waals surface area contributed by atoms with Crippen LogP contribution < -0.4 is 10.5 Å². The first-order valence-electron chi connectivity index (χ1n) is 5.12. The second-order valence-corrected chi connectivity index (χ2v) is 4.51. The van der Waals surface area contributed by atoms with E-state index in [1.807, 2.05) is 24.3 Å². The molecule has 0 atom stereocenters. The third-order valence-electron chi connectivity index (χ3n) is 2.28. The van der Waals surface area contributed by atoms with E-state index in [2.05, 4.69) is 15.9 Å². The number of ether oxygens (including phenoxy) is 1. The average molecular weight is 294 g/mol. The Morgan fingerprint density at radius 3 is 2.76 bits per heavy atom. The van der Waals surface area contributed by atoms with Crippen LogP contribution in [0.2, 0.25) is 0 Å². The van der Waals surface area contributed by atoms with Crippen molar-refractivity contribution in [2.24, 2.45) is 0 Å². The Balaban J connectivity index is 2.27. The second kappa shape index (κ2) is 5.21. The minimum Gasteiger partial charge on any atom is -0.455 e. The fourth-order valence-corrected chi connectivity index (χ4v) is 1.77. The van der Waals surface area contributed by atoms with Crippen molar-refractivity contribution in [3.63, 3.8) is 0 Å². The number of benzene rings is 2. The Labute approximate surface area is 108 Å². The van der Waals surface area contributed by atoms with Gasteiger partial charge in [-0.3, -0.25) is 0 Å². The molecule has 2 aromatic rings. The smallest absolute Gasteiger partial charge is 0.151 e. The van der Waals surface area contributed by atoms with Gasteiger partial charge in [-0.15, -0.1) is 0 Å². The molecule has 0 spiro atoms. The van der Waals surface area contributed by atoms with Crippen molar-refractivity contribution >= 4 is 21.6 Å². The number of hydrogen-bond acceptors (Lipinski definition) is 3. The molecule has 0 unspecified atom stereocenters. The van der Waals surface area contributed by atoms with Gasteiger partial charge >= 0.3 is 0 Å². The van der Waals surface area contributed by atoms with Crippen LogP contribution in [0.5, 0.6) is 11.5 Å². The summed E-state index contributed by atoms with van der Waals surface area (Å²) in [6.07, 6.45) is 0. The summed E-state index contributed by atoms with van der Waals surface area (Å²) < 4.78 is 6.57. The fourth-order valence-electron chi connectivity index (χ4n) is 1.43. The Bertz CT molecular complexity index is 529. The van der Waals surface area contributed by atoms with Gasteiger partial charge in [-0.05, 0) is 35.9 Å². The van der Waals surface area contributed by atoms with Crippen molar-refractivity contribution in [3.05, 3.63) is 52.5 Å². The number of aliphatic hydroxyl groups excluding tert-OH is 1. The van der Waals surface area contributed by atoms with Gasteiger partial charge in [-0.2, -0.15) is 0 Å². The van der Waals surface area contributed by atoms with Crippen molar-refractivity contribution in [1.82, 2.24) is 0 Å². The molecule has 4 heteroatoms. The molecule has 0 radical (unpaired) electrons. The third-order valence-corrected chi connectivity index (χ3v) is 2.78. The van der Waals surface area contributed by atoms with Crippen LogP contribution in [-0.4, -0.2) is 5.11 Å². The summed E-state index contributed by atoms with van der Waals surface area (Å²) in [7, 11) is 0. The highest BCUT2D eigenvalue weighted by Gasteiger charge is 2.03. The fraction of sp³-hybridized carbons (Fsp3) is 0.0769. The van der Waals surface area contributed by atoms with Gasteiger partial charge in [0.15, 0.2) is 5.75 Å². The van der Waals surface area contributed by atoms with E-state index in [4.69, 9.17) is 15.6 Å². The normalized spacial score (nSPS) is 10.2. The maximum atomic E-state index is 9.04. The van der Waals surface area contributed by atoms with Crippen LogP contribution in [0.3, 0.4) is 0 Å². The zero-order valence-corrected chi connectivity index (χ0v) is 10.6. The largest absolute Gasteiger partial charge is 0.455 e. The lowest BCUT2D eigenvalue weighted by Gasteiger charge is -2.09. The first-order chi connectivity index (χ1) is 8.19. The molecule has 0 saturated carbocycles. The van der Waals surface area contributed by atoms with Gasteiger partial charge in [0.2, 0.25) is 0 Å².